The lowest BCUT2D eigenvalue weighted by atomic mass is 10.1. The summed E-state index contributed by atoms with van der Waals surface area (Å²) >= 11 is 7.69. The third-order valence-corrected chi connectivity index (χ3v) is 6.30. The summed E-state index contributed by atoms with van der Waals surface area (Å²) in [5, 5.41) is 14.3. The van der Waals surface area contributed by atoms with Crippen molar-refractivity contribution in [3.8, 4) is 17.2 Å². The van der Waals surface area contributed by atoms with Gasteiger partial charge in [0.25, 0.3) is 11.6 Å². The summed E-state index contributed by atoms with van der Waals surface area (Å²) in [7, 11) is 1.49. The van der Waals surface area contributed by atoms with Crippen molar-refractivity contribution in [3.05, 3.63) is 91.8 Å². The minimum atomic E-state index is -0.463. The third kappa shape index (κ3) is 6.60. The fourth-order valence-electron chi connectivity index (χ4n) is 3.37. The number of thioether (sulfide) groups is 1. The lowest BCUT2D eigenvalue weighted by Gasteiger charge is -2.13. The molecule has 1 fully saturated rings. The largest absolute Gasteiger partial charge is 0.494 e. The molecule has 1 aliphatic heterocycles. The number of nitro groups is 1. The Morgan fingerprint density at radius 2 is 1.84 bits per heavy atom. The van der Waals surface area contributed by atoms with Crippen LogP contribution in [0.1, 0.15) is 18.1 Å². The number of hydrogen-bond donors (Lipinski definition) is 1. The molecule has 9 nitrogen and oxygen atoms in total. The molecule has 0 unspecified atom stereocenters. The van der Waals surface area contributed by atoms with E-state index in [9.17, 15) is 14.9 Å². The Morgan fingerprint density at radius 1 is 1.11 bits per heavy atom. The van der Waals surface area contributed by atoms with Crippen LogP contribution in [0.2, 0.25) is 5.02 Å². The van der Waals surface area contributed by atoms with Crippen LogP contribution in [-0.2, 0) is 11.4 Å². The van der Waals surface area contributed by atoms with Gasteiger partial charge < -0.3 is 19.5 Å². The van der Waals surface area contributed by atoms with E-state index in [0.717, 1.165) is 11.3 Å². The lowest BCUT2D eigenvalue weighted by Crippen LogP contribution is -2.19. The van der Waals surface area contributed by atoms with Crippen molar-refractivity contribution in [1.29, 1.82) is 0 Å². The lowest BCUT2D eigenvalue weighted by molar-refractivity contribution is -0.384. The molecule has 0 aromatic heterocycles. The molecular formula is C26H22ClN3O6S. The second-order valence-corrected chi connectivity index (χ2v) is 9.09. The monoisotopic (exact) mass is 539 g/mol. The first-order valence-corrected chi connectivity index (χ1v) is 12.3. The molecule has 0 aliphatic carbocycles. The molecule has 4 rings (SSSR count). The van der Waals surface area contributed by atoms with E-state index >= 15 is 0 Å². The maximum Gasteiger partial charge on any atom is 0.269 e. The molecule has 1 aliphatic rings. The van der Waals surface area contributed by atoms with E-state index in [1.54, 1.807) is 30.3 Å². The summed E-state index contributed by atoms with van der Waals surface area (Å²) in [6.07, 6.45) is 1.69. The Kier molecular flexibility index (Phi) is 8.32. The summed E-state index contributed by atoms with van der Waals surface area (Å²) < 4.78 is 16.7. The standard InChI is InChI=1S/C26H22ClN3O6S/c1-3-35-20-10-6-18(7-11-20)28-26-29-25(31)23(37-26)14-17-12-21(27)24(22(13-17)34-2)36-15-16-4-8-19(9-5-16)30(32)33/h4-14H,3,15H2,1-2H3,(H,28,29,31)/b23-14+. The first-order valence-electron chi connectivity index (χ1n) is 11.1. The van der Waals surface area contributed by atoms with E-state index in [1.807, 2.05) is 31.2 Å². The van der Waals surface area contributed by atoms with Crippen molar-refractivity contribution in [2.45, 2.75) is 13.5 Å². The fourth-order valence-corrected chi connectivity index (χ4v) is 4.48. The molecular weight excluding hydrogens is 518 g/mol. The van der Waals surface area contributed by atoms with E-state index in [2.05, 4.69) is 10.3 Å². The van der Waals surface area contributed by atoms with Crippen molar-refractivity contribution >= 4 is 51.9 Å². The van der Waals surface area contributed by atoms with Gasteiger partial charge in [-0.25, -0.2) is 4.99 Å². The molecule has 1 N–H and O–H groups in total. The van der Waals surface area contributed by atoms with E-state index < -0.39 is 4.92 Å². The van der Waals surface area contributed by atoms with Gasteiger partial charge in [0.1, 0.15) is 12.4 Å². The van der Waals surface area contributed by atoms with E-state index in [4.69, 9.17) is 25.8 Å². The van der Waals surface area contributed by atoms with Gasteiger partial charge in [-0.05, 0) is 84.4 Å². The number of methoxy groups -OCH3 is 1. The molecule has 190 valence electrons. The van der Waals surface area contributed by atoms with Crippen LogP contribution in [0.3, 0.4) is 0 Å². The minimum Gasteiger partial charge on any atom is -0.494 e. The Labute approximate surface area is 222 Å². The number of ether oxygens (including phenoxy) is 3. The number of non-ortho nitro benzene ring substituents is 1. The number of halogens is 1. The molecule has 1 saturated heterocycles. The van der Waals surface area contributed by atoms with E-state index in [-0.39, 0.29) is 18.2 Å². The number of rotatable bonds is 9. The maximum absolute atomic E-state index is 12.5. The topological polar surface area (TPSA) is 112 Å². The molecule has 0 radical (unpaired) electrons. The van der Waals surface area contributed by atoms with Crippen LogP contribution in [0.5, 0.6) is 17.2 Å². The van der Waals surface area contributed by atoms with Crippen LogP contribution in [0.4, 0.5) is 11.4 Å². The number of carbonyl (C=O) groups is 1. The number of nitrogens with zero attached hydrogens (tertiary/aromatic N) is 2. The zero-order chi connectivity index (χ0) is 26.4. The van der Waals surface area contributed by atoms with Gasteiger partial charge in [0.2, 0.25) is 0 Å². The Balaban J connectivity index is 1.48. The van der Waals surface area contributed by atoms with Crippen molar-refractivity contribution in [3.63, 3.8) is 0 Å². The van der Waals surface area contributed by atoms with Gasteiger partial charge in [0.15, 0.2) is 16.7 Å². The molecule has 3 aromatic rings. The molecule has 1 amide bonds. The Morgan fingerprint density at radius 3 is 2.49 bits per heavy atom. The average molecular weight is 540 g/mol. The molecule has 37 heavy (non-hydrogen) atoms. The summed E-state index contributed by atoms with van der Waals surface area (Å²) in [4.78, 5) is 27.8. The van der Waals surface area contributed by atoms with Gasteiger partial charge >= 0.3 is 0 Å². The maximum atomic E-state index is 12.5. The Bertz CT molecular complexity index is 1370. The van der Waals surface area contributed by atoms with E-state index in [1.165, 1.54) is 31.0 Å². The van der Waals surface area contributed by atoms with Gasteiger partial charge in [0.05, 0.1) is 34.3 Å². The highest BCUT2D eigenvalue weighted by Gasteiger charge is 2.24. The van der Waals surface area contributed by atoms with Crippen LogP contribution in [0.15, 0.2) is 70.6 Å². The molecule has 11 heteroatoms. The van der Waals surface area contributed by atoms with Crippen molar-refractivity contribution in [1.82, 2.24) is 5.32 Å². The van der Waals surface area contributed by atoms with Crippen LogP contribution < -0.4 is 19.5 Å². The molecule has 0 bridgehead atoms. The fraction of sp³-hybridized carbons (Fsp3) is 0.154. The third-order valence-electron chi connectivity index (χ3n) is 5.11. The van der Waals surface area contributed by atoms with Gasteiger partial charge in [0, 0.05) is 12.1 Å². The normalized spacial score (nSPS) is 15.1. The van der Waals surface area contributed by atoms with Gasteiger partial charge in [-0.1, -0.05) is 11.6 Å². The van der Waals surface area contributed by atoms with Crippen LogP contribution >= 0.6 is 23.4 Å². The van der Waals surface area contributed by atoms with Crippen LogP contribution in [-0.4, -0.2) is 29.7 Å². The number of nitrogens with one attached hydrogen (secondary N) is 1. The highest BCUT2D eigenvalue weighted by molar-refractivity contribution is 8.18. The summed E-state index contributed by atoms with van der Waals surface area (Å²) in [5.41, 5.74) is 2.06. The molecule has 0 spiro atoms. The smallest absolute Gasteiger partial charge is 0.269 e. The average Bonchev–Trinajstić information content (AvgIpc) is 3.22. The molecule has 0 atom stereocenters. The first kappa shape index (κ1) is 26.1. The number of amides is 1. The number of benzene rings is 3. The van der Waals surface area contributed by atoms with Crippen molar-refractivity contribution in [2.75, 3.05) is 13.7 Å². The van der Waals surface area contributed by atoms with Gasteiger partial charge in [-0.2, -0.15) is 0 Å². The minimum absolute atomic E-state index is 0.00162. The number of aliphatic imine (C=N–C) groups is 1. The highest BCUT2D eigenvalue weighted by atomic mass is 35.5. The number of carbonyl (C=O) groups excluding carboxylic acids is 1. The summed E-state index contributed by atoms with van der Waals surface area (Å²) in [6.45, 7) is 2.63. The second kappa shape index (κ2) is 11.8. The van der Waals surface area contributed by atoms with Crippen LogP contribution in [0, 0.1) is 10.1 Å². The SMILES string of the molecule is CCOc1ccc(N=C2NC(=O)/C(=C\c3cc(Cl)c(OCc4ccc([N+](=O)[O-])cc4)c(OC)c3)S2)cc1. The predicted molar refractivity (Wildman–Crippen MR) is 144 cm³/mol. The highest BCUT2D eigenvalue weighted by Crippen LogP contribution is 2.38. The number of amidine groups is 1. The molecule has 1 heterocycles. The van der Waals surface area contributed by atoms with E-state index in [0.29, 0.717) is 44.5 Å². The second-order valence-electron chi connectivity index (χ2n) is 7.65. The summed E-state index contributed by atoms with van der Waals surface area (Å²) in [6, 6.07) is 16.7. The van der Waals surface area contributed by atoms with Gasteiger partial charge in [-0.15, -0.1) is 0 Å². The molecule has 0 saturated carbocycles. The van der Waals surface area contributed by atoms with Crippen molar-refractivity contribution < 1.29 is 23.9 Å². The molecule has 3 aromatic carbocycles. The zero-order valence-corrected chi connectivity index (χ0v) is 21.5. The quantitative estimate of drug-likeness (QED) is 0.198. The Hall–Kier alpha value is -4.02. The number of nitro benzene ring substituents is 1. The number of hydrogen-bond acceptors (Lipinski definition) is 8. The zero-order valence-electron chi connectivity index (χ0n) is 19.9. The predicted octanol–water partition coefficient (Wildman–Crippen LogP) is 6.13. The van der Waals surface area contributed by atoms with Gasteiger partial charge in [-0.3, -0.25) is 14.9 Å². The first-order chi connectivity index (χ1) is 17.9. The summed E-state index contributed by atoms with van der Waals surface area (Å²) in [5.74, 6) is 1.18. The van der Waals surface area contributed by atoms with Crippen molar-refractivity contribution in [2.24, 2.45) is 4.99 Å². The van der Waals surface area contributed by atoms with Crippen LogP contribution in [0.25, 0.3) is 6.08 Å².